The molecule has 0 saturated carbocycles. The first-order valence-electron chi connectivity index (χ1n) is 7.06. The van der Waals surface area contributed by atoms with Crippen LogP contribution in [0.5, 0.6) is 0 Å². The number of rotatable bonds is 9. The molecule has 0 aromatic heterocycles. The highest BCUT2D eigenvalue weighted by atomic mass is 31.2. The Morgan fingerprint density at radius 3 is 2.09 bits per heavy atom. The van der Waals surface area contributed by atoms with Crippen LogP contribution in [0.2, 0.25) is 18.1 Å². The summed E-state index contributed by atoms with van der Waals surface area (Å²) < 4.78 is 27.3. The molecule has 0 aliphatic heterocycles. The maximum Gasteiger partial charge on any atom is 0.446 e. The first-order valence-corrected chi connectivity index (χ1v) is 11.5. The summed E-state index contributed by atoms with van der Waals surface area (Å²) in [6.07, 6.45) is 0.489. The van der Waals surface area contributed by atoms with Gasteiger partial charge in [-0.05, 0) is 24.6 Å². The molecule has 0 bridgehead atoms. The Labute approximate surface area is 133 Å². The number of nitrogens with zero attached hydrogens (tertiary/aromatic N) is 2. The van der Waals surface area contributed by atoms with Crippen LogP contribution in [0.3, 0.4) is 0 Å². The van der Waals surface area contributed by atoms with Crippen LogP contribution < -0.4 is 0 Å². The van der Waals surface area contributed by atoms with Gasteiger partial charge in [-0.1, -0.05) is 20.8 Å². The molecule has 0 aliphatic rings. The SMILES string of the molecule is COP(=O)(OC)C(=[N+]=[N-])C(=O)CCCO[Si](C)(C)C(C)(C)C. The molecule has 128 valence electrons. The average molecular weight is 350 g/mol. The quantitative estimate of drug-likeness (QED) is 0.158. The Hall–Kier alpha value is -0.623. The average Bonchev–Trinajstić information content (AvgIpc) is 2.42. The molecule has 0 rings (SSSR count). The van der Waals surface area contributed by atoms with E-state index in [0.29, 0.717) is 13.0 Å². The zero-order chi connectivity index (χ0) is 17.6. The topological polar surface area (TPSA) is 98.2 Å². The summed E-state index contributed by atoms with van der Waals surface area (Å²) in [4.78, 5) is 14.8. The normalized spacial score (nSPS) is 12.9. The lowest BCUT2D eigenvalue weighted by molar-refractivity contribution is -0.117. The van der Waals surface area contributed by atoms with Crippen LogP contribution in [0.15, 0.2) is 0 Å². The van der Waals surface area contributed by atoms with E-state index < -0.39 is 27.1 Å². The second kappa shape index (κ2) is 8.29. The molecule has 0 aromatic carbocycles. The predicted molar refractivity (Wildman–Crippen MR) is 87.6 cm³/mol. The Bertz CT molecular complexity index is 487. The van der Waals surface area contributed by atoms with Crippen molar-refractivity contribution in [1.29, 1.82) is 0 Å². The van der Waals surface area contributed by atoms with E-state index in [1.54, 1.807) is 0 Å². The van der Waals surface area contributed by atoms with Crippen molar-refractivity contribution < 1.29 is 27.6 Å². The largest absolute Gasteiger partial charge is 0.446 e. The van der Waals surface area contributed by atoms with Crippen LogP contribution in [0.25, 0.3) is 5.53 Å². The fourth-order valence-electron chi connectivity index (χ4n) is 1.40. The van der Waals surface area contributed by atoms with Crippen LogP contribution in [0, 0.1) is 0 Å². The molecule has 0 saturated heterocycles. The van der Waals surface area contributed by atoms with Crippen LogP contribution in [-0.2, 0) is 22.8 Å². The third-order valence-corrected chi connectivity index (χ3v) is 10.3. The van der Waals surface area contributed by atoms with Crippen LogP contribution >= 0.6 is 7.60 Å². The van der Waals surface area contributed by atoms with Crippen LogP contribution in [0.1, 0.15) is 33.6 Å². The summed E-state index contributed by atoms with van der Waals surface area (Å²) in [5, 5.41) is 0.0938. The van der Waals surface area contributed by atoms with Gasteiger partial charge in [-0.3, -0.25) is 4.79 Å². The fraction of sp³-hybridized carbons (Fsp3) is 0.846. The molecule has 0 atom stereocenters. The minimum atomic E-state index is -3.84. The van der Waals surface area contributed by atoms with Crippen molar-refractivity contribution >= 4 is 27.1 Å². The zero-order valence-corrected chi connectivity index (χ0v) is 16.4. The van der Waals surface area contributed by atoms with Crippen molar-refractivity contribution in [1.82, 2.24) is 0 Å². The predicted octanol–water partition coefficient (Wildman–Crippen LogP) is 3.47. The lowest BCUT2D eigenvalue weighted by Gasteiger charge is -2.36. The maximum atomic E-state index is 12.1. The van der Waals surface area contributed by atoms with Gasteiger partial charge in [-0.2, -0.15) is 4.79 Å². The van der Waals surface area contributed by atoms with Crippen molar-refractivity contribution in [2.75, 3.05) is 20.8 Å². The fourth-order valence-corrected chi connectivity index (χ4v) is 3.51. The van der Waals surface area contributed by atoms with Gasteiger partial charge in [0.25, 0.3) is 5.78 Å². The minimum Gasteiger partial charge on any atom is -0.417 e. The highest BCUT2D eigenvalue weighted by molar-refractivity contribution is 7.74. The van der Waals surface area contributed by atoms with Gasteiger partial charge in [-0.15, -0.1) is 0 Å². The third-order valence-electron chi connectivity index (χ3n) is 3.90. The van der Waals surface area contributed by atoms with Gasteiger partial charge in [-0.25, -0.2) is 4.57 Å². The summed E-state index contributed by atoms with van der Waals surface area (Å²) in [6, 6.07) is 0. The van der Waals surface area contributed by atoms with Gasteiger partial charge in [0.15, 0.2) is 8.32 Å². The first-order chi connectivity index (χ1) is 9.95. The molecule has 0 amide bonds. The smallest absolute Gasteiger partial charge is 0.417 e. The van der Waals surface area contributed by atoms with Crippen molar-refractivity contribution in [2.45, 2.75) is 51.7 Å². The van der Waals surface area contributed by atoms with Crippen molar-refractivity contribution in [2.24, 2.45) is 0 Å². The first kappa shape index (κ1) is 21.4. The lowest BCUT2D eigenvalue weighted by Crippen LogP contribution is -2.41. The van der Waals surface area contributed by atoms with E-state index in [0.717, 1.165) is 14.2 Å². The summed E-state index contributed by atoms with van der Waals surface area (Å²) >= 11 is 0. The van der Waals surface area contributed by atoms with Crippen LogP contribution in [-0.4, -0.2) is 45.2 Å². The molecule has 0 unspecified atom stereocenters. The standard InChI is InChI=1S/C13H27N2O5PSi/c1-13(2,3)22(6,7)20-10-8-9-11(16)12(15-14)21(17,18-4)19-5/h8-10H2,1-7H3. The highest BCUT2D eigenvalue weighted by Crippen LogP contribution is 2.47. The number of Topliss-reactive ketones (excluding diaryl/α,β-unsaturated/α-hetero) is 1. The van der Waals surface area contributed by atoms with Gasteiger partial charge in [0, 0.05) is 27.2 Å². The molecule has 9 heteroatoms. The second-order valence-corrected chi connectivity index (χ2v) is 13.4. The van der Waals surface area contributed by atoms with Crippen LogP contribution in [0.4, 0.5) is 0 Å². The van der Waals surface area contributed by atoms with Gasteiger partial charge in [0.2, 0.25) is 0 Å². The molecule has 0 spiro atoms. The third kappa shape index (κ3) is 5.54. The molecular formula is C13H27N2O5PSi. The Kier molecular flexibility index (Phi) is 8.06. The molecule has 0 N–H and O–H groups in total. The molecule has 0 radical (unpaired) electrons. The van der Waals surface area contributed by atoms with E-state index >= 15 is 0 Å². The molecule has 0 aromatic rings. The number of carbonyl (C=O) groups excluding carboxylic acids is 1. The molecule has 0 heterocycles. The molecule has 0 aliphatic carbocycles. The zero-order valence-electron chi connectivity index (χ0n) is 14.5. The lowest BCUT2D eigenvalue weighted by atomic mass is 10.2. The molecule has 22 heavy (non-hydrogen) atoms. The van der Waals surface area contributed by atoms with Gasteiger partial charge < -0.3 is 19.0 Å². The summed E-state index contributed by atoms with van der Waals surface area (Å²) in [5.74, 6) is -0.576. The van der Waals surface area contributed by atoms with E-state index in [1.165, 1.54) is 0 Å². The van der Waals surface area contributed by atoms with E-state index in [-0.39, 0.29) is 11.5 Å². The van der Waals surface area contributed by atoms with E-state index in [2.05, 4.69) is 47.7 Å². The minimum absolute atomic E-state index is 0.0464. The number of ketones is 1. The van der Waals surface area contributed by atoms with Crippen molar-refractivity contribution in [3.8, 4) is 0 Å². The van der Waals surface area contributed by atoms with Crippen molar-refractivity contribution in [3.05, 3.63) is 5.53 Å². The summed E-state index contributed by atoms with van der Waals surface area (Å²) in [6.45, 7) is 11.1. The Morgan fingerprint density at radius 2 is 1.73 bits per heavy atom. The molecule has 7 nitrogen and oxygen atoms in total. The van der Waals surface area contributed by atoms with Crippen molar-refractivity contribution in [3.63, 3.8) is 0 Å². The van der Waals surface area contributed by atoms with Gasteiger partial charge in [0.05, 0.1) is 0 Å². The number of carbonyl (C=O) groups is 1. The van der Waals surface area contributed by atoms with Gasteiger partial charge in [0.1, 0.15) is 0 Å². The second-order valence-electron chi connectivity index (χ2n) is 6.42. The highest BCUT2D eigenvalue weighted by Gasteiger charge is 2.43. The Balaban J connectivity index is 4.60. The maximum absolute atomic E-state index is 12.1. The van der Waals surface area contributed by atoms with E-state index in [9.17, 15) is 9.36 Å². The molecular weight excluding hydrogens is 323 g/mol. The van der Waals surface area contributed by atoms with Gasteiger partial charge >= 0.3 is 13.0 Å². The summed E-state index contributed by atoms with van der Waals surface area (Å²) in [5.41, 5.74) is 8.32. The van der Waals surface area contributed by atoms with E-state index in [4.69, 9.17) is 9.96 Å². The summed E-state index contributed by atoms with van der Waals surface area (Å²) in [7, 11) is -3.44. The monoisotopic (exact) mass is 350 g/mol. The number of hydrogen-bond acceptors (Lipinski definition) is 5. The molecule has 0 fully saturated rings. The number of hydrogen-bond donors (Lipinski definition) is 0. The Morgan fingerprint density at radius 1 is 1.23 bits per heavy atom. The van der Waals surface area contributed by atoms with E-state index in [1.807, 2.05) is 0 Å².